The van der Waals surface area contributed by atoms with Crippen LogP contribution in [-0.4, -0.2) is 41.9 Å². The van der Waals surface area contributed by atoms with Gasteiger partial charge >= 0.3 is 0 Å². The van der Waals surface area contributed by atoms with E-state index in [1.165, 1.54) is 11.3 Å². The third kappa shape index (κ3) is 4.32. The van der Waals surface area contributed by atoms with Crippen LogP contribution in [0.15, 0.2) is 0 Å². The molecule has 1 aromatic rings. The van der Waals surface area contributed by atoms with Crippen molar-refractivity contribution in [1.82, 2.24) is 20.0 Å². The van der Waals surface area contributed by atoms with Crippen molar-refractivity contribution in [2.75, 3.05) is 27.2 Å². The van der Waals surface area contributed by atoms with Crippen LogP contribution < -0.4 is 5.32 Å². The second-order valence-electron chi connectivity index (χ2n) is 6.90. The van der Waals surface area contributed by atoms with Crippen LogP contribution in [0.1, 0.15) is 50.7 Å². The minimum absolute atomic E-state index is 0.264. The number of rotatable bonds is 7. The Morgan fingerprint density at radius 2 is 1.90 bits per heavy atom. The van der Waals surface area contributed by atoms with Crippen molar-refractivity contribution in [3.05, 3.63) is 17.0 Å². The molecule has 0 saturated heterocycles. The zero-order chi connectivity index (χ0) is 15.5. The van der Waals surface area contributed by atoms with E-state index in [9.17, 15) is 0 Å². The average molecular weight is 280 g/mol. The fourth-order valence-corrected chi connectivity index (χ4v) is 3.09. The zero-order valence-electron chi connectivity index (χ0n) is 14.5. The van der Waals surface area contributed by atoms with Crippen molar-refractivity contribution in [2.24, 2.45) is 5.41 Å². The summed E-state index contributed by atoms with van der Waals surface area (Å²) in [5.74, 6) is 0. The van der Waals surface area contributed by atoms with Crippen molar-refractivity contribution in [3.63, 3.8) is 0 Å². The number of hydrogen-bond acceptors (Lipinski definition) is 3. The summed E-state index contributed by atoms with van der Waals surface area (Å²) in [5, 5.41) is 8.29. The molecule has 0 aliphatic carbocycles. The van der Waals surface area contributed by atoms with Crippen molar-refractivity contribution < 1.29 is 0 Å². The van der Waals surface area contributed by atoms with E-state index in [4.69, 9.17) is 0 Å². The lowest BCUT2D eigenvalue weighted by Crippen LogP contribution is -2.38. The number of aryl methyl sites for hydroxylation is 2. The number of aromatic nitrogens is 2. The van der Waals surface area contributed by atoms with Gasteiger partial charge in [0.15, 0.2) is 0 Å². The van der Waals surface area contributed by atoms with Gasteiger partial charge in [-0.3, -0.25) is 4.68 Å². The highest BCUT2D eigenvalue weighted by molar-refractivity contribution is 5.27. The van der Waals surface area contributed by atoms with Crippen molar-refractivity contribution in [2.45, 2.75) is 54.1 Å². The monoisotopic (exact) mass is 280 g/mol. The van der Waals surface area contributed by atoms with Crippen molar-refractivity contribution >= 4 is 0 Å². The molecule has 0 aliphatic rings. The van der Waals surface area contributed by atoms with E-state index in [1.54, 1.807) is 0 Å². The van der Waals surface area contributed by atoms with Gasteiger partial charge in [-0.05, 0) is 47.2 Å². The first kappa shape index (κ1) is 17.2. The van der Waals surface area contributed by atoms with Crippen molar-refractivity contribution in [1.29, 1.82) is 0 Å². The molecule has 0 spiro atoms. The third-order valence-corrected chi connectivity index (χ3v) is 3.80. The molecular formula is C16H32N4. The van der Waals surface area contributed by atoms with Crippen LogP contribution in [-0.2, 0) is 6.54 Å². The Bertz CT molecular complexity index is 432. The number of nitrogens with one attached hydrogen (secondary N) is 1. The number of nitrogens with zero attached hydrogens (tertiary/aromatic N) is 3. The molecule has 1 N–H and O–H groups in total. The molecule has 116 valence electrons. The third-order valence-electron chi connectivity index (χ3n) is 3.80. The Morgan fingerprint density at radius 3 is 2.35 bits per heavy atom. The standard InChI is InChI=1S/C16H32N4/c1-9-20-14(4)15(13(3)18-20)12(2)17-10-16(5,6)11-19(7)8/h12,17H,9-11H2,1-8H3. The second kappa shape index (κ2) is 6.72. The second-order valence-corrected chi connectivity index (χ2v) is 6.90. The minimum atomic E-state index is 0.264. The molecule has 1 rings (SSSR count). The van der Waals surface area contributed by atoms with Gasteiger partial charge in [0.05, 0.1) is 5.69 Å². The molecule has 1 atom stereocenters. The number of hydrogen-bond donors (Lipinski definition) is 1. The van der Waals surface area contributed by atoms with E-state index >= 15 is 0 Å². The van der Waals surface area contributed by atoms with Gasteiger partial charge in [-0.2, -0.15) is 5.10 Å². The predicted molar refractivity (Wildman–Crippen MR) is 86.1 cm³/mol. The lowest BCUT2D eigenvalue weighted by atomic mass is 9.92. The molecule has 1 unspecified atom stereocenters. The van der Waals surface area contributed by atoms with Gasteiger partial charge in [0.2, 0.25) is 0 Å². The predicted octanol–water partition coefficient (Wildman–Crippen LogP) is 2.76. The van der Waals surface area contributed by atoms with Gasteiger partial charge in [-0.25, -0.2) is 0 Å². The van der Waals surface area contributed by atoms with Crippen LogP contribution in [0.5, 0.6) is 0 Å². The summed E-state index contributed by atoms with van der Waals surface area (Å²) in [7, 11) is 4.26. The molecule has 1 heterocycles. The molecule has 0 radical (unpaired) electrons. The maximum Gasteiger partial charge on any atom is 0.0644 e. The van der Waals surface area contributed by atoms with Crippen LogP contribution in [0.4, 0.5) is 0 Å². The van der Waals surface area contributed by atoms with Gasteiger partial charge in [-0.15, -0.1) is 0 Å². The highest BCUT2D eigenvalue weighted by atomic mass is 15.3. The normalized spacial score (nSPS) is 14.1. The fraction of sp³-hybridized carbons (Fsp3) is 0.812. The van der Waals surface area contributed by atoms with Crippen LogP contribution in [0, 0.1) is 19.3 Å². The molecule has 0 saturated carbocycles. The topological polar surface area (TPSA) is 33.1 Å². The van der Waals surface area contributed by atoms with Gasteiger partial charge in [0.25, 0.3) is 0 Å². The highest BCUT2D eigenvalue weighted by Gasteiger charge is 2.22. The summed E-state index contributed by atoms with van der Waals surface area (Å²) in [6.45, 7) is 16.3. The molecule has 0 aromatic carbocycles. The van der Waals surface area contributed by atoms with Crippen LogP contribution in [0.2, 0.25) is 0 Å². The lowest BCUT2D eigenvalue weighted by molar-refractivity contribution is 0.226. The SMILES string of the molecule is CCn1nc(C)c(C(C)NCC(C)(C)CN(C)C)c1C. The molecule has 0 aliphatic heterocycles. The Balaban J connectivity index is 2.72. The minimum Gasteiger partial charge on any atom is -0.309 e. The van der Waals surface area contributed by atoms with Crippen molar-refractivity contribution in [3.8, 4) is 0 Å². The van der Waals surface area contributed by atoms with Gasteiger partial charge in [-0.1, -0.05) is 13.8 Å². The van der Waals surface area contributed by atoms with E-state index in [1.807, 2.05) is 0 Å². The summed E-state index contributed by atoms with van der Waals surface area (Å²) in [4.78, 5) is 2.25. The highest BCUT2D eigenvalue weighted by Crippen LogP contribution is 2.23. The van der Waals surface area contributed by atoms with Crippen LogP contribution in [0.3, 0.4) is 0 Å². The molecule has 4 nitrogen and oxygen atoms in total. The first-order chi connectivity index (χ1) is 9.18. The van der Waals surface area contributed by atoms with Gasteiger partial charge in [0, 0.05) is 36.9 Å². The largest absolute Gasteiger partial charge is 0.309 e. The molecular weight excluding hydrogens is 248 g/mol. The quantitative estimate of drug-likeness (QED) is 0.834. The molecule has 0 bridgehead atoms. The van der Waals surface area contributed by atoms with Crippen LogP contribution in [0.25, 0.3) is 0 Å². The van der Waals surface area contributed by atoms with E-state index in [0.29, 0.717) is 6.04 Å². The van der Waals surface area contributed by atoms with Gasteiger partial charge < -0.3 is 10.2 Å². The van der Waals surface area contributed by atoms with Crippen LogP contribution >= 0.6 is 0 Å². The fourth-order valence-electron chi connectivity index (χ4n) is 3.09. The average Bonchev–Trinajstić information content (AvgIpc) is 2.60. The first-order valence-electron chi connectivity index (χ1n) is 7.60. The summed E-state index contributed by atoms with van der Waals surface area (Å²) in [6.07, 6.45) is 0. The zero-order valence-corrected chi connectivity index (χ0v) is 14.5. The summed E-state index contributed by atoms with van der Waals surface area (Å²) in [5.41, 5.74) is 4.05. The van der Waals surface area contributed by atoms with E-state index in [2.05, 4.69) is 75.6 Å². The Hall–Kier alpha value is -0.870. The summed E-state index contributed by atoms with van der Waals surface area (Å²) >= 11 is 0. The van der Waals surface area contributed by atoms with E-state index in [-0.39, 0.29) is 5.41 Å². The van der Waals surface area contributed by atoms with E-state index in [0.717, 1.165) is 25.3 Å². The smallest absolute Gasteiger partial charge is 0.0644 e. The first-order valence-corrected chi connectivity index (χ1v) is 7.60. The Morgan fingerprint density at radius 1 is 1.30 bits per heavy atom. The molecule has 4 heteroatoms. The molecule has 0 amide bonds. The maximum atomic E-state index is 4.61. The Labute approximate surface area is 124 Å². The van der Waals surface area contributed by atoms with Gasteiger partial charge in [0.1, 0.15) is 0 Å². The summed E-state index contributed by atoms with van der Waals surface area (Å²) in [6, 6.07) is 0.344. The molecule has 20 heavy (non-hydrogen) atoms. The Kier molecular flexibility index (Phi) is 5.78. The van der Waals surface area contributed by atoms with E-state index < -0.39 is 0 Å². The molecule has 1 aromatic heterocycles. The lowest BCUT2D eigenvalue weighted by Gasteiger charge is -2.30. The summed E-state index contributed by atoms with van der Waals surface area (Å²) < 4.78 is 2.09. The molecule has 0 fully saturated rings. The maximum absolute atomic E-state index is 4.61.